The van der Waals surface area contributed by atoms with Crippen LogP contribution in [-0.2, 0) is 31.1 Å². The maximum atomic E-state index is 13.6. The van der Waals surface area contributed by atoms with Gasteiger partial charge >= 0.3 is 59.1 Å². The molecule has 76 heavy (non-hydrogen) atoms. The van der Waals surface area contributed by atoms with Gasteiger partial charge < -0.3 is 24.6 Å². The molecule has 0 spiro atoms. The molecule has 7 rings (SSSR count). The van der Waals surface area contributed by atoms with Gasteiger partial charge in [0, 0.05) is 58.8 Å². The number of hydrogen-bond acceptors (Lipinski definition) is 9. The normalized spacial score (nSPS) is 15.7. The van der Waals surface area contributed by atoms with Gasteiger partial charge in [0.05, 0.1) is 27.8 Å². The first-order valence-electron chi connectivity index (χ1n) is 25.1. The quantitative estimate of drug-likeness (QED) is 0.0234. The molecule has 12 nitrogen and oxygen atoms in total. The molecule has 2 heterocycles. The number of para-hydroxylation sites is 1. The van der Waals surface area contributed by atoms with Gasteiger partial charge in [-0.25, -0.2) is 8.42 Å². The van der Waals surface area contributed by atoms with Gasteiger partial charge in [0.1, 0.15) is 18.9 Å². The molecule has 0 radical (unpaired) electrons. The summed E-state index contributed by atoms with van der Waals surface area (Å²) in [6.45, 7) is 12.2. The maximum Gasteiger partial charge on any atom is 1.00 e. The van der Waals surface area contributed by atoms with Gasteiger partial charge in [-0.1, -0.05) is 136 Å². The Kier molecular flexibility index (Phi) is 22.6. The third-order valence-electron chi connectivity index (χ3n) is 13.7. The Morgan fingerprint density at radius 3 is 2.00 bits per heavy atom. The van der Waals surface area contributed by atoms with Crippen LogP contribution in [-0.4, -0.2) is 79.9 Å². The van der Waals surface area contributed by atoms with Crippen LogP contribution in [0.25, 0.3) is 11.1 Å². The zero-order chi connectivity index (χ0) is 53.1. The fourth-order valence-electron chi connectivity index (χ4n) is 9.98. The summed E-state index contributed by atoms with van der Waals surface area (Å²) in [6.07, 6.45) is 16.2. The van der Waals surface area contributed by atoms with E-state index in [0.717, 1.165) is 62.6 Å². The van der Waals surface area contributed by atoms with Crippen molar-refractivity contribution in [2.75, 3.05) is 42.6 Å². The summed E-state index contributed by atoms with van der Waals surface area (Å²) in [5.74, 6) is -0.361. The number of hydrogen-bond donors (Lipinski definition) is 2. The first kappa shape index (κ1) is 62.0. The van der Waals surface area contributed by atoms with E-state index < -0.39 is 31.4 Å². The Morgan fingerprint density at radius 1 is 0.711 bits per heavy atom. The van der Waals surface area contributed by atoms with Gasteiger partial charge in [0.15, 0.2) is 5.71 Å². The van der Waals surface area contributed by atoms with Gasteiger partial charge in [-0.2, -0.15) is 13.0 Å². The number of carbonyl (C=O) groups is 1. The fraction of sp³-hybridized carbons (Fsp3) is 0.300. The first-order chi connectivity index (χ1) is 35.3. The monoisotopic (exact) mass is 1080 g/mol. The molecule has 0 fully saturated rings. The van der Waals surface area contributed by atoms with Gasteiger partial charge in [0.25, 0.3) is 16.0 Å². The van der Waals surface area contributed by atoms with Crippen LogP contribution in [0.2, 0.25) is 0 Å². The van der Waals surface area contributed by atoms with E-state index in [1.807, 2.05) is 115 Å². The molecule has 0 bridgehead atoms. The summed E-state index contributed by atoms with van der Waals surface area (Å²) in [7, 11) is -8.38. The van der Waals surface area contributed by atoms with Crippen LogP contribution in [0.3, 0.4) is 0 Å². The Labute approximate surface area is 494 Å². The number of nitrogens with zero attached hydrogens (tertiary/aromatic N) is 2. The minimum Gasteiger partial charge on any atom is -0.872 e. The van der Waals surface area contributed by atoms with Crippen LogP contribution in [0.4, 0.5) is 11.4 Å². The standard InChI is InChI=1S/C60H67N3O9S2.2Na/c1-6-50(44-21-11-10-12-22-44)57(45-27-32-48(64)33-28-45)46-29-34-49(35-30-46)72-40-37-61-58(65)47-31-36-54-52(43-47)60(4,5)56(63(54)39-18-20-42-74(69,70)71)26-14-9-7-8-13-25-55-59(2,3)51-23-15-16-24-53(51)62(55)38-17-19-41-73(66,67)68;;/h7-16,21-36,43H,6,17-20,37-42H2,1-5H3,(H3-,61,64,65,66,67,68,69,70,71);;/q;2*+1/p-1/b57-50+;;. The van der Waals surface area contributed by atoms with E-state index in [4.69, 9.17) is 4.74 Å². The number of amides is 1. The summed E-state index contributed by atoms with van der Waals surface area (Å²) in [6, 6.07) is 38.8. The topological polar surface area (TPSA) is 179 Å². The number of ether oxygens (including phenoxy) is 1. The Hall–Kier alpha value is -4.84. The van der Waals surface area contributed by atoms with E-state index in [2.05, 4.69) is 79.8 Å². The van der Waals surface area contributed by atoms with Gasteiger partial charge in [0.2, 0.25) is 5.69 Å². The molecule has 0 aliphatic carbocycles. The number of anilines is 1. The minimum atomic E-state index is -4.35. The second-order valence-electron chi connectivity index (χ2n) is 19.6. The summed E-state index contributed by atoms with van der Waals surface area (Å²) in [5.41, 5.74) is 11.0. The second-order valence-corrected chi connectivity index (χ2v) is 22.7. The van der Waals surface area contributed by atoms with Gasteiger partial charge in [-0.3, -0.25) is 9.35 Å². The smallest absolute Gasteiger partial charge is 0.872 e. The molecule has 2 aliphatic heterocycles. The molecule has 388 valence electrons. The molecule has 2 aliphatic rings. The van der Waals surface area contributed by atoms with Crippen LogP contribution >= 0.6 is 0 Å². The molecule has 0 unspecified atom stereocenters. The number of allylic oxidation sites excluding steroid dienone is 9. The van der Waals surface area contributed by atoms with Crippen molar-refractivity contribution < 1.29 is 104 Å². The Morgan fingerprint density at radius 2 is 1.33 bits per heavy atom. The van der Waals surface area contributed by atoms with Crippen molar-refractivity contribution in [2.45, 2.75) is 77.6 Å². The van der Waals surface area contributed by atoms with Crippen LogP contribution in [0.5, 0.6) is 11.5 Å². The van der Waals surface area contributed by atoms with Crippen LogP contribution < -0.4 is 79.2 Å². The first-order valence-corrected chi connectivity index (χ1v) is 28.3. The van der Waals surface area contributed by atoms with Crippen LogP contribution in [0.1, 0.15) is 105 Å². The van der Waals surface area contributed by atoms with Crippen molar-refractivity contribution in [3.8, 4) is 11.5 Å². The summed E-state index contributed by atoms with van der Waals surface area (Å²) < 4.78 is 74.6. The molecule has 5 aromatic rings. The molecule has 1 amide bonds. The molecule has 0 saturated heterocycles. The number of unbranched alkanes of at least 4 members (excludes halogenated alkanes) is 2. The minimum absolute atomic E-state index is 0. The molecule has 0 aromatic heterocycles. The van der Waals surface area contributed by atoms with E-state index in [1.54, 1.807) is 18.2 Å². The zero-order valence-corrected chi connectivity index (χ0v) is 50.4. The SMILES string of the molecule is CC/C(=C(/c1ccc([O-])cc1)c1ccc(OCCNC(=O)c2ccc3c(c2)C(C)(C)C(=CC=CC=CC=CC2=[N+](CCCCS(=O)(=O)O)c4ccccc4C2(C)C)N3CCCCS(=O)(=O)[O-])cc1)c1ccccc1.[Na+].[Na+]. The van der Waals surface area contributed by atoms with Gasteiger partial charge in [-0.15, -0.1) is 5.75 Å². The van der Waals surface area contributed by atoms with E-state index >= 15 is 0 Å². The van der Waals surface area contributed by atoms with E-state index in [-0.39, 0.29) is 102 Å². The molecule has 2 N–H and O–H groups in total. The number of rotatable bonds is 23. The summed E-state index contributed by atoms with van der Waals surface area (Å²) >= 11 is 0. The number of nitrogens with one attached hydrogen (secondary N) is 1. The summed E-state index contributed by atoms with van der Waals surface area (Å²) in [5, 5.41) is 15.0. The maximum absolute atomic E-state index is 13.6. The van der Waals surface area contributed by atoms with Crippen molar-refractivity contribution in [1.82, 2.24) is 5.32 Å². The Bertz CT molecular complexity index is 3240. The molecular weight excluding hydrogens is 1020 g/mol. The van der Waals surface area contributed by atoms with Crippen LogP contribution in [0.15, 0.2) is 170 Å². The third kappa shape index (κ3) is 15.9. The average Bonchev–Trinajstić information content (AvgIpc) is 3.71. The largest absolute Gasteiger partial charge is 1.00 e. The van der Waals surface area contributed by atoms with Crippen LogP contribution in [0, 0.1) is 0 Å². The van der Waals surface area contributed by atoms with E-state index in [1.165, 1.54) is 5.56 Å². The molecule has 0 saturated carbocycles. The predicted octanol–water partition coefficient (Wildman–Crippen LogP) is 4.67. The number of carbonyl (C=O) groups excluding carboxylic acids is 1. The molecule has 0 atom stereocenters. The van der Waals surface area contributed by atoms with Crippen molar-refractivity contribution in [3.63, 3.8) is 0 Å². The number of fused-ring (bicyclic) bond motifs is 2. The van der Waals surface area contributed by atoms with E-state index in [0.29, 0.717) is 43.7 Å². The molecular formula is C60H66N3Na2O9S2+. The molecule has 5 aromatic carbocycles. The number of benzene rings is 5. The van der Waals surface area contributed by atoms with Crippen molar-refractivity contribution in [1.29, 1.82) is 0 Å². The van der Waals surface area contributed by atoms with Gasteiger partial charge in [-0.05, 0) is 109 Å². The summed E-state index contributed by atoms with van der Waals surface area (Å²) in [4.78, 5) is 15.8. The van der Waals surface area contributed by atoms with Crippen molar-refractivity contribution in [2.24, 2.45) is 0 Å². The second kappa shape index (κ2) is 27.7. The van der Waals surface area contributed by atoms with Crippen molar-refractivity contribution in [3.05, 3.63) is 203 Å². The average molecular weight is 1080 g/mol. The van der Waals surface area contributed by atoms with E-state index in [9.17, 15) is 35.8 Å². The Balaban J connectivity index is 0.00000533. The predicted molar refractivity (Wildman–Crippen MR) is 294 cm³/mol. The molecule has 16 heteroatoms. The third-order valence-corrected chi connectivity index (χ3v) is 15.3. The van der Waals surface area contributed by atoms with Crippen molar-refractivity contribution >= 4 is 54.4 Å². The fourth-order valence-corrected chi connectivity index (χ4v) is 11.1. The zero-order valence-electron chi connectivity index (χ0n) is 44.8.